The third-order valence-electron chi connectivity index (χ3n) is 3.91. The van der Waals surface area contributed by atoms with Crippen LogP contribution in [0.1, 0.15) is 32.8 Å². The van der Waals surface area contributed by atoms with Gasteiger partial charge in [0.25, 0.3) is 0 Å². The fourth-order valence-corrected chi connectivity index (χ4v) is 2.71. The molecule has 0 aliphatic carbocycles. The van der Waals surface area contributed by atoms with Gasteiger partial charge in [0, 0.05) is 25.2 Å². The number of nitrogens with zero attached hydrogens (tertiary/aromatic N) is 2. The number of carbonyl (C=O) groups is 2. The van der Waals surface area contributed by atoms with Crippen molar-refractivity contribution in [3.8, 4) is 0 Å². The molecule has 7 nitrogen and oxygen atoms in total. The topological polar surface area (TPSA) is 83.2 Å². The van der Waals surface area contributed by atoms with Crippen molar-refractivity contribution < 1.29 is 23.8 Å². The lowest BCUT2D eigenvalue weighted by Gasteiger charge is -2.53. The summed E-state index contributed by atoms with van der Waals surface area (Å²) < 4.78 is 10.4. The number of carboxylic acids is 1. The first-order valence-electron chi connectivity index (χ1n) is 7.53. The van der Waals surface area contributed by atoms with Gasteiger partial charge in [0.2, 0.25) is 0 Å². The minimum absolute atomic E-state index is 0.0271. The number of rotatable bonds is 5. The zero-order valence-electron chi connectivity index (χ0n) is 14.0. The van der Waals surface area contributed by atoms with Gasteiger partial charge in [-0.2, -0.15) is 0 Å². The van der Waals surface area contributed by atoms with E-state index in [0.717, 1.165) is 5.56 Å². The molecule has 0 unspecified atom stereocenters. The number of carboxylic acid groups (broad SMARTS) is 1. The second-order valence-corrected chi connectivity index (χ2v) is 7.12. The molecular formula is C16H24N2O5. The van der Waals surface area contributed by atoms with E-state index in [2.05, 4.69) is 0 Å². The number of amides is 1. The first-order chi connectivity index (χ1) is 10.6. The highest BCUT2D eigenvalue weighted by molar-refractivity contribution is 5.73. The number of furan rings is 1. The van der Waals surface area contributed by atoms with E-state index in [1.165, 1.54) is 0 Å². The molecule has 0 aromatic carbocycles. The van der Waals surface area contributed by atoms with Gasteiger partial charge in [-0.1, -0.05) is 0 Å². The molecule has 1 aliphatic heterocycles. The zero-order valence-corrected chi connectivity index (χ0v) is 14.0. The van der Waals surface area contributed by atoms with Gasteiger partial charge in [0.05, 0.1) is 24.5 Å². The SMILES string of the molecule is CN(Cc1ccoc1)C1(CC(=O)O)CN(C(=O)OC(C)(C)C)C1. The van der Waals surface area contributed by atoms with Crippen LogP contribution < -0.4 is 0 Å². The highest BCUT2D eigenvalue weighted by atomic mass is 16.6. The monoisotopic (exact) mass is 324 g/mol. The molecule has 1 aromatic rings. The zero-order chi connectivity index (χ0) is 17.3. The summed E-state index contributed by atoms with van der Waals surface area (Å²) in [5.74, 6) is -0.882. The molecule has 1 fully saturated rings. The van der Waals surface area contributed by atoms with Crippen molar-refractivity contribution in [3.05, 3.63) is 24.2 Å². The second-order valence-electron chi connectivity index (χ2n) is 7.12. The van der Waals surface area contributed by atoms with E-state index in [9.17, 15) is 14.7 Å². The molecule has 1 saturated heterocycles. The van der Waals surface area contributed by atoms with Crippen molar-refractivity contribution >= 4 is 12.1 Å². The molecule has 1 aliphatic rings. The molecule has 0 atom stereocenters. The first-order valence-corrected chi connectivity index (χ1v) is 7.53. The minimum Gasteiger partial charge on any atom is -0.481 e. The van der Waals surface area contributed by atoms with Crippen molar-refractivity contribution in [3.63, 3.8) is 0 Å². The normalized spacial score (nSPS) is 17.0. The minimum atomic E-state index is -0.882. The third-order valence-corrected chi connectivity index (χ3v) is 3.91. The van der Waals surface area contributed by atoms with E-state index in [1.54, 1.807) is 38.2 Å². The number of hydrogen-bond donors (Lipinski definition) is 1. The largest absolute Gasteiger partial charge is 0.481 e. The van der Waals surface area contributed by atoms with Crippen LogP contribution in [0, 0.1) is 0 Å². The lowest BCUT2D eigenvalue weighted by atomic mass is 9.84. The van der Waals surface area contributed by atoms with E-state index in [4.69, 9.17) is 9.15 Å². The molecule has 1 aromatic heterocycles. The van der Waals surface area contributed by atoms with Gasteiger partial charge in [0.15, 0.2) is 0 Å². The summed E-state index contributed by atoms with van der Waals surface area (Å²) >= 11 is 0. The smallest absolute Gasteiger partial charge is 0.410 e. The van der Waals surface area contributed by atoms with Crippen LogP contribution in [0.25, 0.3) is 0 Å². The molecule has 2 heterocycles. The highest BCUT2D eigenvalue weighted by Crippen LogP contribution is 2.33. The maximum absolute atomic E-state index is 12.1. The molecule has 23 heavy (non-hydrogen) atoms. The standard InChI is InChI=1S/C16H24N2O5/c1-15(2,3)23-14(21)18-10-16(11-18,7-13(19)20)17(4)8-12-5-6-22-9-12/h5-6,9H,7-8,10-11H2,1-4H3,(H,19,20). The molecule has 1 N–H and O–H groups in total. The van der Waals surface area contributed by atoms with E-state index in [0.29, 0.717) is 19.6 Å². The molecule has 0 radical (unpaired) electrons. The Hall–Kier alpha value is -2.02. The van der Waals surface area contributed by atoms with E-state index in [1.807, 2.05) is 18.0 Å². The predicted octanol–water partition coefficient (Wildman–Crippen LogP) is 2.18. The molecule has 2 rings (SSSR count). The average molecular weight is 324 g/mol. The van der Waals surface area contributed by atoms with Crippen LogP contribution in [0.3, 0.4) is 0 Å². The molecular weight excluding hydrogens is 300 g/mol. The Morgan fingerprint density at radius 2 is 2.09 bits per heavy atom. The molecule has 0 saturated carbocycles. The van der Waals surface area contributed by atoms with Gasteiger partial charge in [-0.25, -0.2) is 4.79 Å². The van der Waals surface area contributed by atoms with Crippen molar-refractivity contribution in [1.29, 1.82) is 0 Å². The van der Waals surface area contributed by atoms with Crippen LogP contribution in [0.15, 0.2) is 23.0 Å². The van der Waals surface area contributed by atoms with E-state index < -0.39 is 23.2 Å². The Kier molecular flexibility index (Phi) is 4.70. The van der Waals surface area contributed by atoms with E-state index in [-0.39, 0.29) is 6.42 Å². The van der Waals surface area contributed by atoms with Gasteiger partial charge in [-0.15, -0.1) is 0 Å². The lowest BCUT2D eigenvalue weighted by molar-refractivity contribution is -0.145. The summed E-state index contributed by atoms with van der Waals surface area (Å²) in [6, 6.07) is 1.84. The lowest BCUT2D eigenvalue weighted by Crippen LogP contribution is -2.71. The van der Waals surface area contributed by atoms with Crippen LogP contribution in [-0.2, 0) is 16.1 Å². The maximum atomic E-state index is 12.1. The summed E-state index contributed by atoms with van der Waals surface area (Å²) in [5.41, 5.74) is -0.182. The Morgan fingerprint density at radius 1 is 1.43 bits per heavy atom. The van der Waals surface area contributed by atoms with Crippen LogP contribution in [0.5, 0.6) is 0 Å². The summed E-state index contributed by atoms with van der Waals surface area (Å²) in [4.78, 5) is 26.8. The average Bonchev–Trinajstić information content (AvgIpc) is 2.83. The Balaban J connectivity index is 2.02. The van der Waals surface area contributed by atoms with Crippen molar-refractivity contribution in [2.75, 3.05) is 20.1 Å². The number of hydrogen-bond acceptors (Lipinski definition) is 5. The number of likely N-dealkylation sites (N-methyl/N-ethyl adjacent to an activating group) is 1. The molecule has 1 amide bonds. The van der Waals surface area contributed by atoms with Crippen molar-refractivity contribution in [2.45, 2.75) is 44.9 Å². The van der Waals surface area contributed by atoms with Crippen LogP contribution in [-0.4, -0.2) is 58.2 Å². The third kappa shape index (κ3) is 4.25. The number of ether oxygens (including phenoxy) is 1. The second kappa shape index (κ2) is 6.23. The van der Waals surface area contributed by atoms with Crippen LogP contribution in [0.2, 0.25) is 0 Å². The van der Waals surface area contributed by atoms with Crippen LogP contribution in [0.4, 0.5) is 4.79 Å². The van der Waals surface area contributed by atoms with Gasteiger partial charge in [-0.3, -0.25) is 9.69 Å². The molecule has 128 valence electrons. The van der Waals surface area contributed by atoms with Gasteiger partial charge >= 0.3 is 12.1 Å². The summed E-state index contributed by atoms with van der Waals surface area (Å²) in [5, 5.41) is 9.22. The van der Waals surface area contributed by atoms with Crippen LogP contribution >= 0.6 is 0 Å². The van der Waals surface area contributed by atoms with E-state index >= 15 is 0 Å². The predicted molar refractivity (Wildman–Crippen MR) is 83.0 cm³/mol. The summed E-state index contributed by atoms with van der Waals surface area (Å²) in [7, 11) is 1.86. The highest BCUT2D eigenvalue weighted by Gasteiger charge is 2.50. The fraction of sp³-hybridized carbons (Fsp3) is 0.625. The number of carbonyl (C=O) groups excluding carboxylic acids is 1. The Morgan fingerprint density at radius 3 is 2.57 bits per heavy atom. The Bertz CT molecular complexity index is 556. The maximum Gasteiger partial charge on any atom is 0.410 e. The van der Waals surface area contributed by atoms with Gasteiger partial charge < -0.3 is 19.2 Å². The number of aliphatic carboxylic acids is 1. The quantitative estimate of drug-likeness (QED) is 0.894. The van der Waals surface area contributed by atoms with Gasteiger partial charge in [0.1, 0.15) is 5.60 Å². The summed E-state index contributed by atoms with van der Waals surface area (Å²) in [6.45, 7) is 6.65. The van der Waals surface area contributed by atoms with Crippen molar-refractivity contribution in [1.82, 2.24) is 9.80 Å². The Labute approximate surface area is 135 Å². The van der Waals surface area contributed by atoms with Crippen molar-refractivity contribution in [2.24, 2.45) is 0 Å². The molecule has 0 spiro atoms. The molecule has 7 heteroatoms. The molecule has 0 bridgehead atoms. The summed E-state index contributed by atoms with van der Waals surface area (Å²) in [6.07, 6.45) is 2.78. The number of likely N-dealkylation sites (tertiary alicyclic amines) is 1. The van der Waals surface area contributed by atoms with Gasteiger partial charge in [-0.05, 0) is 33.9 Å². The fourth-order valence-electron chi connectivity index (χ4n) is 2.71. The first kappa shape index (κ1) is 17.3.